The first-order valence-corrected chi connectivity index (χ1v) is 5.75. The zero-order chi connectivity index (χ0) is 11.7. The van der Waals surface area contributed by atoms with E-state index in [1.54, 1.807) is 0 Å². The highest BCUT2D eigenvalue weighted by molar-refractivity contribution is 5.81. The van der Waals surface area contributed by atoms with Gasteiger partial charge in [-0.15, -0.1) is 0 Å². The molecule has 0 bridgehead atoms. The second-order valence-electron chi connectivity index (χ2n) is 4.71. The van der Waals surface area contributed by atoms with E-state index in [1.165, 1.54) is 11.1 Å². The van der Waals surface area contributed by atoms with Crippen molar-refractivity contribution in [1.29, 1.82) is 0 Å². The maximum absolute atomic E-state index is 11.1. The standard InChI is InChI=1S/C12H16O4/c13-11(14)9-5-7-3-1-2-4-8(7)6-10(9)12(15)16/h9-10H,1-6H2,(H,13,14)(H,15,16)/t9-,10+. The average Bonchev–Trinajstić information content (AvgIpc) is 2.27. The quantitative estimate of drug-likeness (QED) is 0.704. The van der Waals surface area contributed by atoms with Crippen LogP contribution < -0.4 is 0 Å². The van der Waals surface area contributed by atoms with Gasteiger partial charge in [-0.05, 0) is 38.5 Å². The molecular weight excluding hydrogens is 208 g/mol. The van der Waals surface area contributed by atoms with Crippen molar-refractivity contribution in [2.45, 2.75) is 38.5 Å². The van der Waals surface area contributed by atoms with Crippen LogP contribution in [0.4, 0.5) is 0 Å². The summed E-state index contributed by atoms with van der Waals surface area (Å²) < 4.78 is 0. The van der Waals surface area contributed by atoms with Crippen LogP contribution in [0.1, 0.15) is 38.5 Å². The molecule has 0 spiro atoms. The Kier molecular flexibility index (Phi) is 2.99. The monoisotopic (exact) mass is 224 g/mol. The molecule has 2 N–H and O–H groups in total. The minimum Gasteiger partial charge on any atom is -0.481 e. The number of carboxylic acid groups (broad SMARTS) is 2. The molecule has 2 aliphatic rings. The first kappa shape index (κ1) is 11.2. The molecule has 2 aliphatic carbocycles. The first-order valence-electron chi connectivity index (χ1n) is 5.75. The minimum atomic E-state index is -0.968. The summed E-state index contributed by atoms with van der Waals surface area (Å²) in [7, 11) is 0. The Balaban J connectivity index is 2.25. The lowest BCUT2D eigenvalue weighted by atomic mass is 9.71. The third-order valence-electron chi connectivity index (χ3n) is 3.76. The zero-order valence-electron chi connectivity index (χ0n) is 9.11. The van der Waals surface area contributed by atoms with Crippen LogP contribution in [0.2, 0.25) is 0 Å². The van der Waals surface area contributed by atoms with Gasteiger partial charge >= 0.3 is 11.9 Å². The highest BCUT2D eigenvalue weighted by Crippen LogP contribution is 2.41. The first-order chi connectivity index (χ1) is 7.59. The number of hydrogen-bond acceptors (Lipinski definition) is 2. The lowest BCUT2D eigenvalue weighted by molar-refractivity contribution is -0.154. The molecule has 4 heteroatoms. The van der Waals surface area contributed by atoms with Crippen molar-refractivity contribution >= 4 is 11.9 Å². The molecule has 4 nitrogen and oxygen atoms in total. The molecule has 0 aliphatic heterocycles. The lowest BCUT2D eigenvalue weighted by Crippen LogP contribution is -2.34. The summed E-state index contributed by atoms with van der Waals surface area (Å²) in [5, 5.41) is 18.1. The third kappa shape index (κ3) is 1.96. The van der Waals surface area contributed by atoms with Crippen LogP contribution in [-0.4, -0.2) is 22.2 Å². The van der Waals surface area contributed by atoms with Crippen molar-refractivity contribution in [3.05, 3.63) is 11.1 Å². The van der Waals surface area contributed by atoms with Gasteiger partial charge in [0.05, 0.1) is 11.8 Å². The fourth-order valence-electron chi connectivity index (χ4n) is 2.86. The van der Waals surface area contributed by atoms with E-state index in [4.69, 9.17) is 10.2 Å². The molecule has 0 amide bonds. The summed E-state index contributed by atoms with van der Waals surface area (Å²) in [4.78, 5) is 22.1. The Labute approximate surface area is 94.0 Å². The van der Waals surface area contributed by atoms with Crippen molar-refractivity contribution in [2.75, 3.05) is 0 Å². The normalized spacial score (nSPS) is 29.8. The van der Waals surface area contributed by atoms with Gasteiger partial charge in [-0.3, -0.25) is 9.59 Å². The van der Waals surface area contributed by atoms with Crippen LogP contribution >= 0.6 is 0 Å². The van der Waals surface area contributed by atoms with Gasteiger partial charge in [0.2, 0.25) is 0 Å². The summed E-state index contributed by atoms with van der Waals surface area (Å²) in [5.41, 5.74) is 2.44. The molecule has 0 aromatic rings. The molecule has 0 saturated heterocycles. The van der Waals surface area contributed by atoms with Crippen LogP contribution in [-0.2, 0) is 9.59 Å². The molecule has 88 valence electrons. The molecular formula is C12H16O4. The summed E-state index contributed by atoms with van der Waals surface area (Å²) in [6, 6.07) is 0. The van der Waals surface area contributed by atoms with Gasteiger partial charge < -0.3 is 10.2 Å². The molecule has 0 saturated carbocycles. The van der Waals surface area contributed by atoms with E-state index in [2.05, 4.69) is 0 Å². The number of allylic oxidation sites excluding steroid dienone is 2. The Morgan fingerprint density at radius 1 is 0.875 bits per heavy atom. The van der Waals surface area contributed by atoms with Crippen LogP contribution in [0, 0.1) is 11.8 Å². The van der Waals surface area contributed by atoms with Crippen LogP contribution in [0.25, 0.3) is 0 Å². The number of rotatable bonds is 2. The Morgan fingerprint density at radius 2 is 1.25 bits per heavy atom. The van der Waals surface area contributed by atoms with Crippen molar-refractivity contribution in [3.8, 4) is 0 Å². The third-order valence-corrected chi connectivity index (χ3v) is 3.76. The van der Waals surface area contributed by atoms with E-state index in [-0.39, 0.29) is 0 Å². The van der Waals surface area contributed by atoms with E-state index < -0.39 is 23.8 Å². The Morgan fingerprint density at radius 3 is 1.56 bits per heavy atom. The maximum atomic E-state index is 11.1. The van der Waals surface area contributed by atoms with Gasteiger partial charge in [-0.1, -0.05) is 11.1 Å². The van der Waals surface area contributed by atoms with Gasteiger partial charge in [0.1, 0.15) is 0 Å². The van der Waals surface area contributed by atoms with E-state index in [1.807, 2.05) is 0 Å². The van der Waals surface area contributed by atoms with Crippen molar-refractivity contribution < 1.29 is 19.8 Å². The molecule has 0 heterocycles. The van der Waals surface area contributed by atoms with Crippen LogP contribution in [0.3, 0.4) is 0 Å². The minimum absolute atomic E-state index is 0.446. The SMILES string of the molecule is O=C(O)[C@H]1CC2=C(CCCC2)C[C@H]1C(=O)O. The highest BCUT2D eigenvalue weighted by atomic mass is 16.4. The van der Waals surface area contributed by atoms with Crippen molar-refractivity contribution in [2.24, 2.45) is 11.8 Å². The van der Waals surface area contributed by atoms with Gasteiger partial charge in [0.15, 0.2) is 0 Å². The summed E-state index contributed by atoms with van der Waals surface area (Å²) >= 11 is 0. The Hall–Kier alpha value is -1.32. The fraction of sp³-hybridized carbons (Fsp3) is 0.667. The van der Waals surface area contributed by atoms with E-state index in [9.17, 15) is 9.59 Å². The van der Waals surface area contributed by atoms with Gasteiger partial charge in [-0.2, -0.15) is 0 Å². The molecule has 0 radical (unpaired) electrons. The van der Waals surface area contributed by atoms with Gasteiger partial charge in [0, 0.05) is 0 Å². The maximum Gasteiger partial charge on any atom is 0.307 e. The molecule has 0 aromatic heterocycles. The molecule has 0 aromatic carbocycles. The molecule has 0 fully saturated rings. The average molecular weight is 224 g/mol. The van der Waals surface area contributed by atoms with Crippen LogP contribution in [0.5, 0.6) is 0 Å². The largest absolute Gasteiger partial charge is 0.481 e. The van der Waals surface area contributed by atoms with E-state index in [0.717, 1.165) is 25.7 Å². The second-order valence-corrected chi connectivity index (χ2v) is 4.71. The fourth-order valence-corrected chi connectivity index (χ4v) is 2.86. The smallest absolute Gasteiger partial charge is 0.307 e. The number of carboxylic acids is 2. The van der Waals surface area contributed by atoms with Crippen molar-refractivity contribution in [3.63, 3.8) is 0 Å². The Bertz CT molecular complexity index is 322. The number of aliphatic carboxylic acids is 2. The second kappa shape index (κ2) is 4.28. The van der Waals surface area contributed by atoms with E-state index in [0.29, 0.717) is 12.8 Å². The van der Waals surface area contributed by atoms with Gasteiger partial charge in [0.25, 0.3) is 0 Å². The summed E-state index contributed by atoms with van der Waals surface area (Å²) in [5.74, 6) is -3.39. The van der Waals surface area contributed by atoms with Crippen LogP contribution in [0.15, 0.2) is 11.1 Å². The topological polar surface area (TPSA) is 74.6 Å². The molecule has 16 heavy (non-hydrogen) atoms. The number of hydrogen-bond donors (Lipinski definition) is 2. The zero-order valence-corrected chi connectivity index (χ0v) is 9.11. The number of carbonyl (C=O) groups is 2. The highest BCUT2D eigenvalue weighted by Gasteiger charge is 2.39. The predicted molar refractivity (Wildman–Crippen MR) is 57.0 cm³/mol. The van der Waals surface area contributed by atoms with Crippen molar-refractivity contribution in [1.82, 2.24) is 0 Å². The molecule has 2 rings (SSSR count). The predicted octanol–water partition coefficient (Wildman–Crippen LogP) is 2.05. The van der Waals surface area contributed by atoms with Gasteiger partial charge in [-0.25, -0.2) is 0 Å². The summed E-state index contributed by atoms with van der Waals surface area (Å²) in [6.07, 6.45) is 5.05. The summed E-state index contributed by atoms with van der Waals surface area (Å²) in [6.45, 7) is 0. The lowest BCUT2D eigenvalue weighted by Gasteiger charge is -2.32. The van der Waals surface area contributed by atoms with E-state index >= 15 is 0 Å². The molecule has 2 atom stereocenters. The molecule has 0 unspecified atom stereocenters.